The first-order chi connectivity index (χ1) is 8.95. The molecule has 0 aliphatic rings. The Morgan fingerprint density at radius 1 is 0.889 bits per heavy atom. The van der Waals surface area contributed by atoms with Gasteiger partial charge in [0.1, 0.15) is 11.5 Å². The van der Waals surface area contributed by atoms with Crippen LogP contribution in [-0.2, 0) is 0 Å². The van der Waals surface area contributed by atoms with Crippen molar-refractivity contribution in [3.05, 3.63) is 60.7 Å². The fourth-order valence-corrected chi connectivity index (χ4v) is 1.29. The van der Waals surface area contributed by atoms with Crippen molar-refractivity contribution in [2.24, 2.45) is 5.10 Å². The zero-order valence-corrected chi connectivity index (χ0v) is 9.82. The third kappa shape index (κ3) is 4.17. The van der Waals surface area contributed by atoms with Gasteiger partial charge in [-0.1, -0.05) is 36.4 Å². The van der Waals surface area contributed by atoms with Gasteiger partial charge in [0.05, 0.1) is 0 Å². The van der Waals surface area contributed by atoms with Gasteiger partial charge in [0.15, 0.2) is 13.1 Å². The van der Waals surface area contributed by atoms with Crippen LogP contribution < -0.4 is 14.9 Å². The zero-order chi connectivity index (χ0) is 12.5. The first-order valence-corrected chi connectivity index (χ1v) is 5.59. The minimum atomic E-state index is 0.290. The van der Waals surface area contributed by atoms with Crippen LogP contribution in [0.25, 0.3) is 0 Å². The van der Waals surface area contributed by atoms with Crippen LogP contribution in [0.4, 0.5) is 0 Å². The van der Waals surface area contributed by atoms with E-state index < -0.39 is 0 Å². The lowest BCUT2D eigenvalue weighted by Gasteiger charge is -2.04. The van der Waals surface area contributed by atoms with Crippen LogP contribution in [0.2, 0.25) is 0 Å². The number of hydrogen-bond acceptors (Lipinski definition) is 4. The SMILES string of the molecule is C(=N/NCOc1ccccc1)/Oc1ccccc1. The molecule has 0 fully saturated rings. The Bertz CT molecular complexity index is 472. The highest BCUT2D eigenvalue weighted by Gasteiger charge is 1.88. The molecule has 2 rings (SSSR count). The van der Waals surface area contributed by atoms with E-state index in [9.17, 15) is 0 Å². The summed E-state index contributed by atoms with van der Waals surface area (Å²) >= 11 is 0. The van der Waals surface area contributed by atoms with Crippen molar-refractivity contribution in [3.63, 3.8) is 0 Å². The Balaban J connectivity index is 1.64. The monoisotopic (exact) mass is 242 g/mol. The second kappa shape index (κ2) is 6.96. The third-order valence-electron chi connectivity index (χ3n) is 2.12. The first kappa shape index (κ1) is 12.0. The minimum Gasteiger partial charge on any atom is -0.472 e. The van der Waals surface area contributed by atoms with Gasteiger partial charge in [0.2, 0.25) is 0 Å². The van der Waals surface area contributed by atoms with Gasteiger partial charge in [-0.15, -0.1) is 5.10 Å². The predicted molar refractivity (Wildman–Crippen MR) is 70.6 cm³/mol. The number of hydrazone groups is 1. The van der Waals surface area contributed by atoms with Gasteiger partial charge in [0, 0.05) is 0 Å². The number of hydrogen-bond donors (Lipinski definition) is 1. The number of ether oxygens (including phenoxy) is 2. The van der Waals surface area contributed by atoms with E-state index in [1.54, 1.807) is 0 Å². The second-order valence-electron chi connectivity index (χ2n) is 3.43. The first-order valence-electron chi connectivity index (χ1n) is 5.59. The Morgan fingerprint density at radius 2 is 1.50 bits per heavy atom. The summed E-state index contributed by atoms with van der Waals surface area (Å²) in [5, 5.41) is 3.86. The average Bonchev–Trinajstić information content (AvgIpc) is 2.45. The fraction of sp³-hybridized carbons (Fsp3) is 0.0714. The Labute approximate surface area is 106 Å². The van der Waals surface area contributed by atoms with E-state index >= 15 is 0 Å². The molecule has 0 unspecified atom stereocenters. The molecule has 2 aromatic carbocycles. The van der Waals surface area contributed by atoms with E-state index in [1.807, 2.05) is 60.7 Å². The van der Waals surface area contributed by atoms with E-state index in [0.29, 0.717) is 6.73 Å². The van der Waals surface area contributed by atoms with Crippen LogP contribution in [0, 0.1) is 0 Å². The molecule has 0 amide bonds. The molecule has 0 atom stereocenters. The van der Waals surface area contributed by atoms with Crippen molar-refractivity contribution < 1.29 is 9.47 Å². The van der Waals surface area contributed by atoms with Crippen LogP contribution in [0.1, 0.15) is 0 Å². The van der Waals surface area contributed by atoms with Gasteiger partial charge >= 0.3 is 0 Å². The van der Waals surface area contributed by atoms with Crippen LogP contribution >= 0.6 is 0 Å². The molecule has 0 bridgehead atoms. The van der Waals surface area contributed by atoms with E-state index in [-0.39, 0.29) is 0 Å². The molecule has 2 aromatic rings. The van der Waals surface area contributed by atoms with E-state index in [0.717, 1.165) is 11.5 Å². The average molecular weight is 242 g/mol. The van der Waals surface area contributed by atoms with Crippen LogP contribution in [0.5, 0.6) is 11.5 Å². The maximum Gasteiger partial charge on any atom is 0.199 e. The largest absolute Gasteiger partial charge is 0.472 e. The van der Waals surface area contributed by atoms with E-state index in [4.69, 9.17) is 9.47 Å². The molecule has 0 aliphatic carbocycles. The molecule has 1 N–H and O–H groups in total. The molecule has 0 aliphatic heterocycles. The van der Waals surface area contributed by atoms with Gasteiger partial charge < -0.3 is 9.47 Å². The summed E-state index contributed by atoms with van der Waals surface area (Å²) in [5.74, 6) is 1.54. The number of nitrogens with zero attached hydrogens (tertiary/aromatic N) is 1. The van der Waals surface area contributed by atoms with Crippen LogP contribution in [0.15, 0.2) is 65.8 Å². The summed E-state index contributed by atoms with van der Waals surface area (Å²) in [5.41, 5.74) is 2.73. The Kier molecular flexibility index (Phi) is 4.63. The number of para-hydroxylation sites is 2. The predicted octanol–water partition coefficient (Wildman–Crippen LogP) is 2.63. The summed E-state index contributed by atoms with van der Waals surface area (Å²) < 4.78 is 10.6. The maximum absolute atomic E-state index is 5.38. The summed E-state index contributed by atoms with van der Waals surface area (Å²) in [6.45, 7) is 0.290. The molecule has 4 heteroatoms. The van der Waals surface area contributed by atoms with Crippen molar-refractivity contribution in [2.75, 3.05) is 6.73 Å². The summed E-state index contributed by atoms with van der Waals surface area (Å²) in [6.07, 6.45) is 1.34. The van der Waals surface area contributed by atoms with Crippen molar-refractivity contribution in [3.8, 4) is 11.5 Å². The van der Waals surface area contributed by atoms with Crippen molar-refractivity contribution in [1.29, 1.82) is 0 Å². The highest BCUT2D eigenvalue weighted by Crippen LogP contribution is 2.07. The van der Waals surface area contributed by atoms with Crippen LogP contribution in [0.3, 0.4) is 0 Å². The molecule has 0 heterocycles. The van der Waals surface area contributed by atoms with Gasteiger partial charge in [-0.05, 0) is 24.3 Å². The topological polar surface area (TPSA) is 42.9 Å². The lowest BCUT2D eigenvalue weighted by atomic mass is 10.3. The molecule has 0 spiro atoms. The van der Waals surface area contributed by atoms with Crippen molar-refractivity contribution >= 4 is 6.40 Å². The quantitative estimate of drug-likeness (QED) is 0.278. The molecule has 92 valence electrons. The Morgan fingerprint density at radius 3 is 2.17 bits per heavy atom. The second-order valence-corrected chi connectivity index (χ2v) is 3.43. The molecule has 0 saturated carbocycles. The third-order valence-corrected chi connectivity index (χ3v) is 2.12. The highest BCUT2D eigenvalue weighted by molar-refractivity contribution is 5.51. The van der Waals surface area contributed by atoms with Crippen molar-refractivity contribution in [1.82, 2.24) is 5.43 Å². The fourth-order valence-electron chi connectivity index (χ4n) is 1.29. The van der Waals surface area contributed by atoms with Crippen molar-refractivity contribution in [2.45, 2.75) is 0 Å². The molecule has 0 aromatic heterocycles. The standard InChI is InChI=1S/C14H14N2O2/c1-3-7-13(8-4-1)17-11-15-16-12-18-14-9-5-2-6-10-14/h1-11,16H,12H2/b15-11-. The Hall–Kier alpha value is -2.49. The molecular formula is C14H14N2O2. The normalized spacial score (nSPS) is 10.2. The maximum atomic E-state index is 5.38. The van der Waals surface area contributed by atoms with Gasteiger partial charge in [-0.25, -0.2) is 0 Å². The molecule has 0 radical (unpaired) electrons. The molecular weight excluding hydrogens is 228 g/mol. The summed E-state index contributed by atoms with van der Waals surface area (Å²) in [6, 6.07) is 19.0. The molecule has 0 saturated heterocycles. The smallest absolute Gasteiger partial charge is 0.199 e. The number of benzene rings is 2. The lowest BCUT2D eigenvalue weighted by molar-refractivity contribution is 0.286. The zero-order valence-electron chi connectivity index (χ0n) is 9.82. The highest BCUT2D eigenvalue weighted by atomic mass is 16.5. The summed E-state index contributed by atoms with van der Waals surface area (Å²) in [4.78, 5) is 0. The van der Waals surface area contributed by atoms with E-state index in [2.05, 4.69) is 10.5 Å². The number of rotatable bonds is 6. The van der Waals surface area contributed by atoms with Gasteiger partial charge in [0.25, 0.3) is 0 Å². The summed E-state index contributed by atoms with van der Waals surface area (Å²) in [7, 11) is 0. The minimum absolute atomic E-state index is 0.290. The molecule has 18 heavy (non-hydrogen) atoms. The number of nitrogens with one attached hydrogen (secondary N) is 1. The molecule has 4 nitrogen and oxygen atoms in total. The lowest BCUT2D eigenvalue weighted by Crippen LogP contribution is -2.14. The van der Waals surface area contributed by atoms with Crippen LogP contribution in [-0.4, -0.2) is 13.1 Å². The van der Waals surface area contributed by atoms with E-state index in [1.165, 1.54) is 6.40 Å². The van der Waals surface area contributed by atoms with Gasteiger partial charge in [-0.3, -0.25) is 5.43 Å². The van der Waals surface area contributed by atoms with Gasteiger partial charge in [-0.2, -0.15) is 0 Å².